The molecular formula is C20H23Cl2F3N4O. The summed E-state index contributed by atoms with van der Waals surface area (Å²) in [6.45, 7) is 2.94. The Balaban J connectivity index is 1.95. The van der Waals surface area contributed by atoms with Crippen molar-refractivity contribution in [3.63, 3.8) is 0 Å². The standard InChI is InChI=1S/C20H23Cl2F3N4O/c1-11-17(13-4-3-5-14(21)16(13)22)28-15(10-30)18(27-11)29-8-6-19(7-9-29,12(2)26)20(23,24)25/h3-5,12,30H,6-10,26H2,1-2H3. The molecule has 2 aromatic rings. The van der Waals surface area contributed by atoms with Gasteiger partial charge in [0.2, 0.25) is 0 Å². The van der Waals surface area contributed by atoms with Crippen molar-refractivity contribution in [1.82, 2.24) is 9.97 Å². The highest BCUT2D eigenvalue weighted by Gasteiger charge is 2.57. The molecule has 0 spiro atoms. The molecule has 2 heterocycles. The Morgan fingerprint density at radius 1 is 1.23 bits per heavy atom. The van der Waals surface area contributed by atoms with Crippen LogP contribution < -0.4 is 10.6 Å². The number of benzene rings is 1. The van der Waals surface area contributed by atoms with Crippen LogP contribution in [-0.2, 0) is 6.61 Å². The van der Waals surface area contributed by atoms with Gasteiger partial charge in [0.05, 0.1) is 33.5 Å². The third-order valence-electron chi connectivity index (χ3n) is 5.87. The molecule has 0 aliphatic carbocycles. The number of halogens is 5. The fraction of sp³-hybridized carbons (Fsp3) is 0.500. The second-order valence-electron chi connectivity index (χ2n) is 7.62. The maximum atomic E-state index is 13.7. The lowest BCUT2D eigenvalue weighted by molar-refractivity contribution is -0.237. The van der Waals surface area contributed by atoms with Crippen molar-refractivity contribution in [2.24, 2.45) is 11.1 Å². The van der Waals surface area contributed by atoms with Gasteiger partial charge in [-0.25, -0.2) is 9.97 Å². The van der Waals surface area contributed by atoms with E-state index < -0.39 is 24.2 Å². The zero-order valence-corrected chi connectivity index (χ0v) is 18.1. The van der Waals surface area contributed by atoms with Gasteiger partial charge >= 0.3 is 6.18 Å². The van der Waals surface area contributed by atoms with E-state index in [4.69, 9.17) is 28.9 Å². The Bertz CT molecular complexity index is 929. The van der Waals surface area contributed by atoms with Crippen molar-refractivity contribution in [3.05, 3.63) is 39.6 Å². The normalized spacial score (nSPS) is 17.8. The molecule has 0 amide bonds. The van der Waals surface area contributed by atoms with E-state index in [1.54, 1.807) is 30.0 Å². The predicted molar refractivity (Wildman–Crippen MR) is 112 cm³/mol. The summed E-state index contributed by atoms with van der Waals surface area (Å²) in [5.41, 5.74) is 5.64. The molecule has 1 aromatic heterocycles. The maximum absolute atomic E-state index is 13.7. The maximum Gasteiger partial charge on any atom is 0.396 e. The number of aliphatic hydroxyl groups excluding tert-OH is 1. The molecule has 0 bridgehead atoms. The summed E-state index contributed by atoms with van der Waals surface area (Å²) in [7, 11) is 0. The Morgan fingerprint density at radius 3 is 2.40 bits per heavy atom. The molecular weight excluding hydrogens is 440 g/mol. The van der Waals surface area contributed by atoms with Crippen molar-refractivity contribution < 1.29 is 18.3 Å². The minimum Gasteiger partial charge on any atom is -0.390 e. The van der Waals surface area contributed by atoms with Gasteiger partial charge in [0, 0.05) is 24.7 Å². The second-order valence-corrected chi connectivity index (χ2v) is 8.40. The molecule has 1 fully saturated rings. The van der Waals surface area contributed by atoms with Gasteiger partial charge in [-0.2, -0.15) is 13.2 Å². The average Bonchev–Trinajstić information content (AvgIpc) is 2.69. The molecule has 1 unspecified atom stereocenters. The van der Waals surface area contributed by atoms with Gasteiger partial charge in [-0.3, -0.25) is 0 Å². The fourth-order valence-corrected chi connectivity index (χ4v) is 4.35. The molecule has 5 nitrogen and oxygen atoms in total. The van der Waals surface area contributed by atoms with E-state index in [1.165, 1.54) is 6.92 Å². The van der Waals surface area contributed by atoms with Gasteiger partial charge in [-0.05, 0) is 32.8 Å². The first-order valence-electron chi connectivity index (χ1n) is 9.52. The molecule has 1 saturated heterocycles. The summed E-state index contributed by atoms with van der Waals surface area (Å²) in [5.74, 6) is 0.373. The van der Waals surface area contributed by atoms with E-state index in [-0.39, 0.29) is 31.6 Å². The van der Waals surface area contributed by atoms with Gasteiger partial charge < -0.3 is 15.7 Å². The monoisotopic (exact) mass is 462 g/mol. The minimum atomic E-state index is -4.39. The van der Waals surface area contributed by atoms with Crippen molar-refractivity contribution in [2.45, 2.75) is 45.5 Å². The summed E-state index contributed by atoms with van der Waals surface area (Å²) in [6.07, 6.45) is -4.69. The number of alkyl halides is 3. The summed E-state index contributed by atoms with van der Waals surface area (Å²) >= 11 is 12.4. The van der Waals surface area contributed by atoms with E-state index in [0.717, 1.165) is 0 Å². The molecule has 1 aromatic carbocycles. The Morgan fingerprint density at radius 2 is 1.87 bits per heavy atom. The number of hydrogen-bond donors (Lipinski definition) is 2. The molecule has 164 valence electrons. The van der Waals surface area contributed by atoms with E-state index >= 15 is 0 Å². The fourth-order valence-electron chi connectivity index (χ4n) is 3.96. The molecule has 30 heavy (non-hydrogen) atoms. The molecule has 3 rings (SSSR count). The van der Waals surface area contributed by atoms with Crippen LogP contribution >= 0.6 is 23.2 Å². The first kappa shape index (κ1) is 23.1. The molecule has 1 aliphatic rings. The highest BCUT2D eigenvalue weighted by Crippen LogP contribution is 2.48. The lowest BCUT2D eigenvalue weighted by Crippen LogP contribution is -2.56. The van der Waals surface area contributed by atoms with Crippen molar-refractivity contribution in [2.75, 3.05) is 18.0 Å². The lowest BCUT2D eigenvalue weighted by atomic mass is 9.72. The van der Waals surface area contributed by atoms with Crippen LogP contribution in [-0.4, -0.2) is 40.4 Å². The number of piperidine rings is 1. The Hall–Kier alpha value is -1.61. The summed E-state index contributed by atoms with van der Waals surface area (Å²) in [4.78, 5) is 10.8. The third-order valence-corrected chi connectivity index (χ3v) is 6.69. The van der Waals surface area contributed by atoms with Gasteiger partial charge in [0.25, 0.3) is 0 Å². The Labute approximate surface area is 183 Å². The molecule has 0 radical (unpaired) electrons. The molecule has 3 N–H and O–H groups in total. The number of nitrogens with two attached hydrogens (primary N) is 1. The van der Waals surface area contributed by atoms with Gasteiger partial charge in [-0.15, -0.1) is 0 Å². The zero-order chi connectivity index (χ0) is 22.3. The first-order chi connectivity index (χ1) is 14.0. The molecule has 1 aliphatic heterocycles. The number of anilines is 1. The van der Waals surface area contributed by atoms with Crippen LogP contribution in [0, 0.1) is 12.3 Å². The van der Waals surface area contributed by atoms with Gasteiger partial charge in [0.15, 0.2) is 5.82 Å². The second kappa shape index (κ2) is 8.49. The van der Waals surface area contributed by atoms with E-state index in [1.807, 2.05) is 0 Å². The molecule has 1 atom stereocenters. The minimum absolute atomic E-state index is 0.111. The quantitative estimate of drug-likeness (QED) is 0.685. The topological polar surface area (TPSA) is 75.3 Å². The lowest BCUT2D eigenvalue weighted by Gasteiger charge is -2.45. The van der Waals surface area contributed by atoms with Crippen molar-refractivity contribution in [3.8, 4) is 11.3 Å². The van der Waals surface area contributed by atoms with E-state index in [9.17, 15) is 18.3 Å². The molecule has 10 heteroatoms. The van der Waals surface area contributed by atoms with Crippen molar-refractivity contribution in [1.29, 1.82) is 0 Å². The van der Waals surface area contributed by atoms with Crippen LogP contribution in [0.2, 0.25) is 10.0 Å². The van der Waals surface area contributed by atoms with Crippen LogP contribution in [0.25, 0.3) is 11.3 Å². The average molecular weight is 463 g/mol. The zero-order valence-electron chi connectivity index (χ0n) is 16.6. The predicted octanol–water partition coefficient (Wildman–Crippen LogP) is 4.75. The largest absolute Gasteiger partial charge is 0.396 e. The number of rotatable bonds is 4. The summed E-state index contributed by atoms with van der Waals surface area (Å²) < 4.78 is 41.1. The van der Waals surface area contributed by atoms with Gasteiger partial charge in [0.1, 0.15) is 5.69 Å². The summed E-state index contributed by atoms with van der Waals surface area (Å²) in [6, 6.07) is 4.10. The van der Waals surface area contributed by atoms with Crippen LogP contribution in [0.5, 0.6) is 0 Å². The van der Waals surface area contributed by atoms with Crippen LogP contribution in [0.15, 0.2) is 18.2 Å². The van der Waals surface area contributed by atoms with Crippen LogP contribution in [0.3, 0.4) is 0 Å². The van der Waals surface area contributed by atoms with E-state index in [2.05, 4.69) is 9.97 Å². The number of nitrogens with zero attached hydrogens (tertiary/aromatic N) is 3. The van der Waals surface area contributed by atoms with Crippen LogP contribution in [0.4, 0.5) is 19.0 Å². The van der Waals surface area contributed by atoms with Crippen LogP contribution in [0.1, 0.15) is 31.2 Å². The number of hydrogen-bond acceptors (Lipinski definition) is 5. The summed E-state index contributed by atoms with van der Waals surface area (Å²) in [5, 5.41) is 10.5. The smallest absolute Gasteiger partial charge is 0.390 e. The highest BCUT2D eigenvalue weighted by atomic mass is 35.5. The Kier molecular flexibility index (Phi) is 6.53. The highest BCUT2D eigenvalue weighted by molar-refractivity contribution is 6.43. The van der Waals surface area contributed by atoms with Gasteiger partial charge in [-0.1, -0.05) is 35.3 Å². The molecule has 0 saturated carbocycles. The number of aliphatic hydroxyl groups is 1. The first-order valence-corrected chi connectivity index (χ1v) is 10.3. The SMILES string of the molecule is Cc1nc(N2CCC(C(C)N)(C(F)(F)F)CC2)c(CO)nc1-c1cccc(Cl)c1Cl. The van der Waals surface area contributed by atoms with Crippen molar-refractivity contribution >= 4 is 29.0 Å². The number of aromatic nitrogens is 2. The third kappa shape index (κ3) is 3.98. The number of aryl methyl sites for hydroxylation is 1. The van der Waals surface area contributed by atoms with E-state index in [0.29, 0.717) is 32.8 Å².